The van der Waals surface area contributed by atoms with Gasteiger partial charge in [-0.15, -0.1) is 0 Å². The number of hydrogen-bond donors (Lipinski definition) is 2. The van der Waals surface area contributed by atoms with Gasteiger partial charge in [-0.05, 0) is 12.1 Å². The highest BCUT2D eigenvalue weighted by atomic mass is 35.5. The Hall–Kier alpha value is -2.27. The SMILES string of the molecule is Nc1ncc(C(=O)NC2CCOc3ccccc32)cc1Cl. The summed E-state index contributed by atoms with van der Waals surface area (Å²) >= 11 is 5.89. The van der Waals surface area contributed by atoms with Crippen molar-refractivity contribution in [2.45, 2.75) is 12.5 Å². The van der Waals surface area contributed by atoms with Crippen molar-refractivity contribution in [2.24, 2.45) is 0 Å². The predicted octanol–water partition coefficient (Wildman–Crippen LogP) is 2.57. The fourth-order valence-corrected chi connectivity index (χ4v) is 2.47. The molecule has 21 heavy (non-hydrogen) atoms. The molecule has 1 atom stereocenters. The number of nitrogens with zero attached hydrogens (tertiary/aromatic N) is 1. The number of aromatic nitrogens is 1. The molecule has 5 nitrogen and oxygen atoms in total. The molecule has 2 heterocycles. The van der Waals surface area contributed by atoms with Crippen LogP contribution in [0.1, 0.15) is 28.4 Å². The van der Waals surface area contributed by atoms with Crippen LogP contribution in [0.25, 0.3) is 0 Å². The van der Waals surface area contributed by atoms with E-state index in [1.807, 2.05) is 24.3 Å². The number of rotatable bonds is 2. The monoisotopic (exact) mass is 303 g/mol. The number of carbonyl (C=O) groups excluding carboxylic acids is 1. The van der Waals surface area contributed by atoms with Crippen molar-refractivity contribution in [2.75, 3.05) is 12.3 Å². The van der Waals surface area contributed by atoms with Crippen molar-refractivity contribution < 1.29 is 9.53 Å². The van der Waals surface area contributed by atoms with Crippen LogP contribution >= 0.6 is 11.6 Å². The fraction of sp³-hybridized carbons (Fsp3) is 0.200. The minimum absolute atomic E-state index is 0.0845. The van der Waals surface area contributed by atoms with Gasteiger partial charge in [0.25, 0.3) is 5.91 Å². The van der Waals surface area contributed by atoms with E-state index in [1.54, 1.807) is 0 Å². The smallest absolute Gasteiger partial charge is 0.253 e. The highest BCUT2D eigenvalue weighted by Gasteiger charge is 2.23. The lowest BCUT2D eigenvalue weighted by Gasteiger charge is -2.26. The second-order valence-corrected chi connectivity index (χ2v) is 5.20. The number of ether oxygens (including phenoxy) is 1. The van der Waals surface area contributed by atoms with Gasteiger partial charge in [-0.3, -0.25) is 4.79 Å². The average molecular weight is 304 g/mol. The Morgan fingerprint density at radius 2 is 2.24 bits per heavy atom. The number of benzene rings is 1. The maximum Gasteiger partial charge on any atom is 0.253 e. The van der Waals surface area contributed by atoms with E-state index >= 15 is 0 Å². The van der Waals surface area contributed by atoms with Gasteiger partial charge in [-0.2, -0.15) is 0 Å². The molecule has 2 aromatic rings. The molecule has 0 fully saturated rings. The molecule has 0 aliphatic carbocycles. The fourth-order valence-electron chi connectivity index (χ4n) is 2.31. The molecule has 3 rings (SSSR count). The normalized spacial score (nSPS) is 16.7. The van der Waals surface area contributed by atoms with Crippen LogP contribution in [0.4, 0.5) is 5.82 Å². The highest BCUT2D eigenvalue weighted by molar-refractivity contribution is 6.33. The summed E-state index contributed by atoms with van der Waals surface area (Å²) in [5.41, 5.74) is 6.91. The molecular weight excluding hydrogens is 290 g/mol. The number of nitrogens with two attached hydrogens (primary N) is 1. The molecule has 3 N–H and O–H groups in total. The number of nitrogens with one attached hydrogen (secondary N) is 1. The molecule has 6 heteroatoms. The summed E-state index contributed by atoms with van der Waals surface area (Å²) < 4.78 is 5.57. The quantitative estimate of drug-likeness (QED) is 0.894. The molecule has 1 aliphatic heterocycles. The van der Waals surface area contributed by atoms with Crippen LogP contribution in [0.5, 0.6) is 5.75 Å². The van der Waals surface area contributed by atoms with Crippen molar-refractivity contribution in [3.05, 3.63) is 52.7 Å². The first-order chi connectivity index (χ1) is 10.1. The molecule has 0 saturated carbocycles. The standard InChI is InChI=1S/C15H14ClN3O2/c16-11-7-9(8-18-14(11)17)15(20)19-12-5-6-21-13-4-2-1-3-10(12)13/h1-4,7-8,12H,5-6H2,(H2,17,18)(H,19,20). The maximum absolute atomic E-state index is 12.3. The van der Waals surface area contributed by atoms with Crippen LogP contribution in [0.15, 0.2) is 36.5 Å². The third kappa shape index (κ3) is 2.78. The second-order valence-electron chi connectivity index (χ2n) is 4.79. The topological polar surface area (TPSA) is 77.2 Å². The molecule has 1 aliphatic rings. The molecular formula is C15H14ClN3O2. The lowest BCUT2D eigenvalue weighted by atomic mass is 10.0. The van der Waals surface area contributed by atoms with Gasteiger partial charge < -0.3 is 15.8 Å². The van der Waals surface area contributed by atoms with Crippen LogP contribution in [0.3, 0.4) is 0 Å². The third-order valence-corrected chi connectivity index (χ3v) is 3.70. The minimum atomic E-state index is -0.230. The van der Waals surface area contributed by atoms with Gasteiger partial charge in [0, 0.05) is 18.2 Å². The van der Waals surface area contributed by atoms with E-state index < -0.39 is 0 Å². The first-order valence-corrected chi connectivity index (χ1v) is 6.96. The van der Waals surface area contributed by atoms with Crippen molar-refractivity contribution >= 4 is 23.3 Å². The second kappa shape index (κ2) is 5.61. The number of halogens is 1. The van der Waals surface area contributed by atoms with Crippen molar-refractivity contribution in [3.63, 3.8) is 0 Å². The van der Waals surface area contributed by atoms with Crippen LogP contribution < -0.4 is 15.8 Å². The molecule has 108 valence electrons. The number of amides is 1. The summed E-state index contributed by atoms with van der Waals surface area (Å²) in [5, 5.41) is 3.25. The Balaban J connectivity index is 1.81. The molecule has 1 aromatic heterocycles. The number of pyridine rings is 1. The molecule has 0 spiro atoms. The van der Waals surface area contributed by atoms with Gasteiger partial charge in [0.1, 0.15) is 11.6 Å². The average Bonchev–Trinajstić information content (AvgIpc) is 2.50. The minimum Gasteiger partial charge on any atom is -0.493 e. The number of hydrogen-bond acceptors (Lipinski definition) is 4. The summed E-state index contributed by atoms with van der Waals surface area (Å²) in [4.78, 5) is 16.2. The zero-order valence-electron chi connectivity index (χ0n) is 11.2. The van der Waals surface area contributed by atoms with E-state index in [2.05, 4.69) is 10.3 Å². The molecule has 1 aromatic carbocycles. The van der Waals surface area contributed by atoms with Gasteiger partial charge in [-0.25, -0.2) is 4.98 Å². The summed E-state index contributed by atoms with van der Waals surface area (Å²) in [6, 6.07) is 9.12. The summed E-state index contributed by atoms with van der Waals surface area (Å²) in [6.07, 6.45) is 2.14. The van der Waals surface area contributed by atoms with Crippen LogP contribution in [-0.2, 0) is 0 Å². The van der Waals surface area contributed by atoms with E-state index in [9.17, 15) is 4.79 Å². The van der Waals surface area contributed by atoms with Gasteiger partial charge in [-0.1, -0.05) is 29.8 Å². The van der Waals surface area contributed by atoms with Gasteiger partial charge in [0.05, 0.1) is 23.2 Å². The highest BCUT2D eigenvalue weighted by Crippen LogP contribution is 2.31. The number of nitrogen functional groups attached to an aromatic ring is 1. The van der Waals surface area contributed by atoms with Crippen molar-refractivity contribution in [1.29, 1.82) is 0 Å². The third-order valence-electron chi connectivity index (χ3n) is 3.40. The van der Waals surface area contributed by atoms with E-state index in [0.29, 0.717) is 12.2 Å². The first-order valence-electron chi connectivity index (χ1n) is 6.59. The zero-order chi connectivity index (χ0) is 14.8. The van der Waals surface area contributed by atoms with Crippen LogP contribution in [-0.4, -0.2) is 17.5 Å². The first kappa shape index (κ1) is 13.7. The number of carbonyl (C=O) groups is 1. The van der Waals surface area contributed by atoms with Gasteiger partial charge >= 0.3 is 0 Å². The Morgan fingerprint density at radius 3 is 3.05 bits per heavy atom. The molecule has 0 radical (unpaired) electrons. The van der Waals surface area contributed by atoms with Crippen molar-refractivity contribution in [1.82, 2.24) is 10.3 Å². The molecule has 1 amide bonds. The maximum atomic E-state index is 12.3. The van der Waals surface area contributed by atoms with Crippen molar-refractivity contribution in [3.8, 4) is 5.75 Å². The van der Waals surface area contributed by atoms with Gasteiger partial charge in [0.15, 0.2) is 0 Å². The van der Waals surface area contributed by atoms with E-state index in [-0.39, 0.29) is 22.8 Å². The van der Waals surface area contributed by atoms with Crippen LogP contribution in [0.2, 0.25) is 5.02 Å². The summed E-state index contributed by atoms with van der Waals surface area (Å²) in [7, 11) is 0. The largest absolute Gasteiger partial charge is 0.493 e. The molecule has 1 unspecified atom stereocenters. The summed E-state index contributed by atoms with van der Waals surface area (Å²) in [6.45, 7) is 0.572. The predicted molar refractivity (Wildman–Crippen MR) is 80.4 cm³/mol. The lowest BCUT2D eigenvalue weighted by molar-refractivity contribution is 0.0924. The number of anilines is 1. The van der Waals surface area contributed by atoms with Crippen LogP contribution in [0, 0.1) is 0 Å². The van der Waals surface area contributed by atoms with E-state index in [4.69, 9.17) is 22.1 Å². The van der Waals surface area contributed by atoms with E-state index in [0.717, 1.165) is 17.7 Å². The Labute approximate surface area is 127 Å². The lowest BCUT2D eigenvalue weighted by Crippen LogP contribution is -2.32. The zero-order valence-corrected chi connectivity index (χ0v) is 11.9. The Morgan fingerprint density at radius 1 is 1.43 bits per heavy atom. The van der Waals surface area contributed by atoms with E-state index in [1.165, 1.54) is 12.3 Å². The Bertz CT molecular complexity index is 690. The molecule has 0 saturated heterocycles. The number of fused-ring (bicyclic) bond motifs is 1. The summed E-state index contributed by atoms with van der Waals surface area (Å²) in [5.74, 6) is 0.790. The Kier molecular flexibility index (Phi) is 3.66. The van der Waals surface area contributed by atoms with Gasteiger partial charge in [0.2, 0.25) is 0 Å². The number of para-hydroxylation sites is 1. The molecule has 0 bridgehead atoms.